The van der Waals surface area contributed by atoms with Crippen LogP contribution in [0.1, 0.15) is 13.3 Å². The molecule has 3 N–H and O–H groups in total. The first-order valence-electron chi connectivity index (χ1n) is 6.34. The number of hydrogen-bond acceptors (Lipinski definition) is 7. The molecule has 24 heavy (non-hydrogen) atoms. The smallest absolute Gasteiger partial charge is 0.370 e. The van der Waals surface area contributed by atoms with Gasteiger partial charge in [-0.15, -0.1) is 11.8 Å². The number of Topliss-reactive ketones (excluding diaryl/α,β-unsaturated/α-hetero) is 1. The van der Waals surface area contributed by atoms with Crippen LogP contribution in [0.5, 0.6) is 0 Å². The Morgan fingerprint density at radius 3 is 2.21 bits per heavy atom. The van der Waals surface area contributed by atoms with Gasteiger partial charge in [0.05, 0.1) is 5.75 Å². The predicted octanol–water partition coefficient (Wildman–Crippen LogP) is 0.580. The number of nitrogens with zero attached hydrogens (tertiary/aromatic N) is 2. The number of carbonyl (C=O) groups is 2. The Balaban J connectivity index is 0.000000561. The topological polar surface area (TPSA) is 121 Å². The minimum absolute atomic E-state index is 0.0863. The Bertz CT molecular complexity index is 580. The van der Waals surface area contributed by atoms with E-state index in [-0.39, 0.29) is 17.2 Å². The van der Waals surface area contributed by atoms with Crippen molar-refractivity contribution in [1.29, 1.82) is 0 Å². The van der Waals surface area contributed by atoms with Gasteiger partial charge in [-0.3, -0.25) is 14.1 Å². The third kappa shape index (κ3) is 8.40. The summed E-state index contributed by atoms with van der Waals surface area (Å²) in [7, 11) is -3.90. The second kappa shape index (κ2) is 9.13. The lowest BCUT2D eigenvalue weighted by molar-refractivity contribution is -0.118. The first-order valence-corrected chi connectivity index (χ1v) is 8.83. The number of amides is 1. The van der Waals surface area contributed by atoms with Crippen molar-refractivity contribution in [3.8, 4) is 0 Å². The fraction of sp³-hybridized carbons (Fsp3) is 0.636. The minimum Gasteiger partial charge on any atom is -0.370 e. The van der Waals surface area contributed by atoms with Gasteiger partial charge in [-0.2, -0.15) is 21.6 Å². The molecule has 1 aliphatic rings. The van der Waals surface area contributed by atoms with E-state index in [9.17, 15) is 22.8 Å². The molecule has 0 radical (unpaired) electrons. The predicted molar refractivity (Wildman–Crippen MR) is 82.0 cm³/mol. The van der Waals surface area contributed by atoms with Gasteiger partial charge in [-0.25, -0.2) is 0 Å². The summed E-state index contributed by atoms with van der Waals surface area (Å²) in [6, 6.07) is 0. The molecule has 13 heteroatoms. The highest BCUT2D eigenvalue weighted by Crippen LogP contribution is 2.24. The van der Waals surface area contributed by atoms with Crippen LogP contribution in [0.3, 0.4) is 0 Å². The molecular weight excluding hydrogens is 375 g/mol. The fourth-order valence-electron chi connectivity index (χ4n) is 1.40. The van der Waals surface area contributed by atoms with Gasteiger partial charge in [-0.1, -0.05) is 0 Å². The van der Waals surface area contributed by atoms with Crippen molar-refractivity contribution in [2.24, 2.45) is 5.73 Å². The zero-order chi connectivity index (χ0) is 19.1. The van der Waals surface area contributed by atoms with Crippen LogP contribution < -0.4 is 5.73 Å². The van der Waals surface area contributed by atoms with Crippen molar-refractivity contribution in [3.63, 3.8) is 0 Å². The Kier molecular flexibility index (Phi) is 8.57. The van der Waals surface area contributed by atoms with Crippen molar-refractivity contribution in [2.45, 2.75) is 24.4 Å². The minimum atomic E-state index is -5.84. The first kappa shape index (κ1) is 22.5. The van der Waals surface area contributed by atoms with E-state index < -0.39 is 15.6 Å². The maximum Gasteiger partial charge on any atom is 0.522 e. The van der Waals surface area contributed by atoms with E-state index in [4.69, 9.17) is 18.7 Å². The maximum absolute atomic E-state index is 10.9. The maximum atomic E-state index is 10.9. The van der Waals surface area contributed by atoms with E-state index >= 15 is 0 Å². The van der Waals surface area contributed by atoms with E-state index in [0.717, 1.165) is 0 Å². The number of thioether (sulfide) groups is 1. The SMILES string of the molecule is CC(=O)CSC1N(C)C=CN1CCC(N)=O.O=S(=O)(O)C(F)(F)F. The van der Waals surface area contributed by atoms with E-state index in [1.165, 1.54) is 0 Å². The zero-order valence-corrected chi connectivity index (χ0v) is 14.5. The number of rotatable bonds is 6. The fourth-order valence-corrected chi connectivity index (χ4v) is 2.46. The van der Waals surface area contributed by atoms with Crippen LogP contribution in [0, 0.1) is 0 Å². The van der Waals surface area contributed by atoms with Crippen LogP contribution in [0.2, 0.25) is 0 Å². The molecule has 1 unspecified atom stereocenters. The van der Waals surface area contributed by atoms with E-state index in [1.54, 1.807) is 18.7 Å². The van der Waals surface area contributed by atoms with Gasteiger partial charge < -0.3 is 15.5 Å². The van der Waals surface area contributed by atoms with E-state index in [1.807, 2.05) is 29.2 Å². The third-order valence-corrected chi connectivity index (χ3v) is 4.53. The molecule has 0 aromatic carbocycles. The highest BCUT2D eigenvalue weighted by molar-refractivity contribution is 8.00. The molecule has 0 saturated carbocycles. The van der Waals surface area contributed by atoms with Crippen molar-refractivity contribution in [3.05, 3.63) is 12.4 Å². The lowest BCUT2D eigenvalue weighted by atomic mass is 10.4. The van der Waals surface area contributed by atoms with Gasteiger partial charge in [0.25, 0.3) is 0 Å². The summed E-state index contributed by atoms with van der Waals surface area (Å²) >= 11 is 1.55. The summed E-state index contributed by atoms with van der Waals surface area (Å²) in [5.41, 5.74) is -0.340. The second-order valence-electron chi connectivity index (χ2n) is 4.68. The number of alkyl halides is 3. The standard InChI is InChI=1S/C10H17N3O2S.CHF3O3S/c1-8(14)7-16-10-12(2)5-6-13(10)4-3-9(11)15;2-1(3,4)8(5,6)7/h5-6,10H,3-4,7H2,1-2H3,(H2,11,15);(H,5,6,7). The lowest BCUT2D eigenvalue weighted by Gasteiger charge is -2.29. The molecule has 0 aliphatic carbocycles. The number of carbonyl (C=O) groups excluding carboxylic acids is 2. The van der Waals surface area contributed by atoms with Crippen LogP contribution >= 0.6 is 11.8 Å². The van der Waals surface area contributed by atoms with Gasteiger partial charge in [0.1, 0.15) is 11.3 Å². The first-order chi connectivity index (χ1) is 10.8. The molecule has 0 bridgehead atoms. The number of ketones is 1. The van der Waals surface area contributed by atoms with Gasteiger partial charge in [0.15, 0.2) is 0 Å². The van der Waals surface area contributed by atoms with Crippen LogP contribution in [0.25, 0.3) is 0 Å². The largest absolute Gasteiger partial charge is 0.522 e. The van der Waals surface area contributed by atoms with Crippen molar-refractivity contribution in [1.82, 2.24) is 9.80 Å². The summed E-state index contributed by atoms with van der Waals surface area (Å²) < 4.78 is 57.5. The molecule has 1 rings (SSSR count). The Hall–Kier alpha value is -1.47. The molecule has 0 aromatic heterocycles. The molecule has 0 aromatic rings. The summed E-state index contributed by atoms with van der Waals surface area (Å²) in [6.07, 6.45) is 4.18. The lowest BCUT2D eigenvalue weighted by Crippen LogP contribution is -2.36. The molecule has 0 saturated heterocycles. The summed E-state index contributed by atoms with van der Waals surface area (Å²) in [5, 5.41) is 0. The second-order valence-corrected chi connectivity index (χ2v) is 7.13. The highest BCUT2D eigenvalue weighted by Gasteiger charge is 2.44. The number of nitrogens with two attached hydrogens (primary N) is 1. The van der Waals surface area contributed by atoms with Gasteiger partial charge >= 0.3 is 15.6 Å². The molecule has 140 valence electrons. The molecule has 1 heterocycles. The van der Waals surface area contributed by atoms with Crippen molar-refractivity contribution < 1.29 is 35.7 Å². The molecule has 0 spiro atoms. The molecular formula is C11H18F3N3O5S2. The van der Waals surface area contributed by atoms with Crippen molar-refractivity contribution >= 4 is 33.6 Å². The quantitative estimate of drug-likeness (QED) is 0.497. The van der Waals surface area contributed by atoms with Crippen molar-refractivity contribution in [2.75, 3.05) is 19.3 Å². The van der Waals surface area contributed by atoms with E-state index in [2.05, 4.69) is 0 Å². The van der Waals surface area contributed by atoms with Gasteiger partial charge in [0, 0.05) is 32.4 Å². The highest BCUT2D eigenvalue weighted by atomic mass is 32.2. The average molecular weight is 393 g/mol. The average Bonchev–Trinajstić information content (AvgIpc) is 2.73. The number of halogens is 3. The Morgan fingerprint density at radius 2 is 1.83 bits per heavy atom. The van der Waals surface area contributed by atoms with Crippen LogP contribution in [-0.2, 0) is 19.7 Å². The summed E-state index contributed by atoms with van der Waals surface area (Å²) in [6.45, 7) is 2.16. The molecule has 1 aliphatic heterocycles. The zero-order valence-electron chi connectivity index (χ0n) is 12.9. The molecule has 0 fully saturated rings. The molecule has 8 nitrogen and oxygen atoms in total. The molecule has 1 atom stereocenters. The third-order valence-electron chi connectivity index (χ3n) is 2.47. The normalized spacial score (nSPS) is 17.5. The Morgan fingerprint density at radius 1 is 1.33 bits per heavy atom. The summed E-state index contributed by atoms with van der Waals surface area (Å²) in [5.74, 6) is 0.322. The monoisotopic (exact) mass is 393 g/mol. The number of hydrogen-bond donors (Lipinski definition) is 2. The summed E-state index contributed by atoms with van der Waals surface area (Å²) in [4.78, 5) is 25.7. The van der Waals surface area contributed by atoms with Crippen LogP contribution in [-0.4, -0.2) is 64.8 Å². The van der Waals surface area contributed by atoms with E-state index in [0.29, 0.717) is 18.7 Å². The Labute approximate surface area is 141 Å². The number of primary amides is 1. The van der Waals surface area contributed by atoms with Crippen LogP contribution in [0.4, 0.5) is 13.2 Å². The molecule has 1 amide bonds. The van der Waals surface area contributed by atoms with Gasteiger partial charge in [0.2, 0.25) is 5.91 Å². The van der Waals surface area contributed by atoms with Crippen LogP contribution in [0.15, 0.2) is 12.4 Å². The van der Waals surface area contributed by atoms with Gasteiger partial charge in [-0.05, 0) is 6.92 Å².